The van der Waals surface area contributed by atoms with E-state index in [-0.39, 0.29) is 11.8 Å². The van der Waals surface area contributed by atoms with Gasteiger partial charge in [0.25, 0.3) is 0 Å². The van der Waals surface area contributed by atoms with E-state index in [9.17, 15) is 14.7 Å². The molecule has 5 aliphatic rings. The van der Waals surface area contributed by atoms with Gasteiger partial charge in [-0.25, -0.2) is 4.79 Å². The van der Waals surface area contributed by atoms with Gasteiger partial charge in [0.15, 0.2) is 0 Å². The summed E-state index contributed by atoms with van der Waals surface area (Å²) >= 11 is 0. The van der Waals surface area contributed by atoms with Crippen LogP contribution in [-0.4, -0.2) is 22.5 Å². The van der Waals surface area contributed by atoms with Crippen molar-refractivity contribution >= 4 is 11.9 Å². The van der Waals surface area contributed by atoms with E-state index >= 15 is 0 Å². The van der Waals surface area contributed by atoms with Crippen molar-refractivity contribution in [3.05, 3.63) is 0 Å². The van der Waals surface area contributed by atoms with E-state index in [4.69, 9.17) is 0 Å². The molecule has 2 N–H and O–H groups in total. The van der Waals surface area contributed by atoms with Crippen LogP contribution in [0.5, 0.6) is 0 Å². The number of carbonyl (C=O) groups excluding carboxylic acids is 1. The molecule has 4 nitrogen and oxygen atoms in total. The molecular weight excluding hydrogens is 242 g/mol. The highest BCUT2D eigenvalue weighted by molar-refractivity contribution is 5.90. The lowest BCUT2D eigenvalue weighted by atomic mass is 9.51. The molecular formula is C15H21NO3. The van der Waals surface area contributed by atoms with Gasteiger partial charge < -0.3 is 10.4 Å². The Morgan fingerprint density at radius 1 is 0.947 bits per heavy atom. The van der Waals surface area contributed by atoms with Gasteiger partial charge in [-0.1, -0.05) is 0 Å². The fourth-order valence-electron chi connectivity index (χ4n) is 5.19. The topological polar surface area (TPSA) is 66.4 Å². The molecule has 104 valence electrons. The zero-order chi connectivity index (χ0) is 13.2. The molecule has 1 amide bonds. The molecule has 0 atom stereocenters. The van der Waals surface area contributed by atoms with Gasteiger partial charge in [-0.2, -0.15) is 0 Å². The highest BCUT2D eigenvalue weighted by atomic mass is 16.4. The number of carbonyl (C=O) groups is 2. The lowest BCUT2D eigenvalue weighted by Crippen LogP contribution is -2.54. The lowest BCUT2D eigenvalue weighted by Gasteiger charge is -2.53. The van der Waals surface area contributed by atoms with Crippen LogP contribution >= 0.6 is 0 Å². The average Bonchev–Trinajstić information content (AvgIpc) is 3.08. The number of aliphatic carboxylic acids is 1. The number of carboxylic acid groups (broad SMARTS) is 1. The van der Waals surface area contributed by atoms with Crippen molar-refractivity contribution in [1.29, 1.82) is 0 Å². The second-order valence-electron chi connectivity index (χ2n) is 7.33. The molecule has 5 saturated carbocycles. The monoisotopic (exact) mass is 263 g/mol. The van der Waals surface area contributed by atoms with Crippen LogP contribution in [0, 0.1) is 29.6 Å². The van der Waals surface area contributed by atoms with E-state index in [0.29, 0.717) is 24.7 Å². The van der Waals surface area contributed by atoms with Gasteiger partial charge in [0, 0.05) is 5.92 Å². The van der Waals surface area contributed by atoms with E-state index < -0.39 is 11.5 Å². The highest BCUT2D eigenvalue weighted by Gasteiger charge is 2.56. The molecule has 5 aliphatic carbocycles. The largest absolute Gasteiger partial charge is 0.480 e. The van der Waals surface area contributed by atoms with Crippen molar-refractivity contribution in [1.82, 2.24) is 5.32 Å². The van der Waals surface area contributed by atoms with Crippen LogP contribution in [0.15, 0.2) is 0 Å². The summed E-state index contributed by atoms with van der Waals surface area (Å²) in [6.07, 6.45) is 7.37. The second kappa shape index (κ2) is 3.74. The van der Waals surface area contributed by atoms with Crippen molar-refractivity contribution in [2.24, 2.45) is 29.6 Å². The minimum absolute atomic E-state index is 0.0358. The van der Waals surface area contributed by atoms with Crippen molar-refractivity contribution in [2.75, 3.05) is 0 Å². The molecule has 0 aromatic heterocycles. The molecule has 5 fully saturated rings. The Morgan fingerprint density at radius 2 is 1.47 bits per heavy atom. The SMILES string of the molecule is O=C(NC1(C(=O)O)CC1)C1C2CC3CC(C2)CC1C3. The molecule has 5 rings (SSSR count). The predicted molar refractivity (Wildman–Crippen MR) is 68.3 cm³/mol. The summed E-state index contributed by atoms with van der Waals surface area (Å²) in [5.41, 5.74) is -0.911. The van der Waals surface area contributed by atoms with Crippen LogP contribution in [0.2, 0.25) is 0 Å². The summed E-state index contributed by atoms with van der Waals surface area (Å²) in [5, 5.41) is 12.0. The van der Waals surface area contributed by atoms with Gasteiger partial charge in [-0.15, -0.1) is 0 Å². The molecule has 0 aromatic carbocycles. The quantitative estimate of drug-likeness (QED) is 0.816. The maximum Gasteiger partial charge on any atom is 0.329 e. The Morgan fingerprint density at radius 3 is 1.89 bits per heavy atom. The summed E-state index contributed by atoms with van der Waals surface area (Å²) in [4.78, 5) is 23.7. The minimum atomic E-state index is -0.911. The maximum atomic E-state index is 12.5. The van der Waals surface area contributed by atoms with Crippen LogP contribution in [0.25, 0.3) is 0 Å². The first kappa shape index (κ1) is 11.7. The van der Waals surface area contributed by atoms with E-state index in [1.165, 1.54) is 32.1 Å². The van der Waals surface area contributed by atoms with Crippen molar-refractivity contribution in [2.45, 2.75) is 50.5 Å². The third-order valence-electron chi connectivity index (χ3n) is 6.05. The fourth-order valence-corrected chi connectivity index (χ4v) is 5.19. The molecule has 0 saturated heterocycles. The number of carboxylic acids is 1. The predicted octanol–water partition coefficient (Wildman–Crippen LogP) is 1.79. The fraction of sp³-hybridized carbons (Fsp3) is 0.867. The molecule has 0 radical (unpaired) electrons. The van der Waals surface area contributed by atoms with Crippen molar-refractivity contribution < 1.29 is 14.7 Å². The third kappa shape index (κ3) is 1.72. The molecule has 4 bridgehead atoms. The van der Waals surface area contributed by atoms with E-state index in [0.717, 1.165) is 11.8 Å². The molecule has 0 aliphatic heterocycles. The van der Waals surface area contributed by atoms with Crippen LogP contribution in [0.3, 0.4) is 0 Å². The number of rotatable bonds is 3. The first-order chi connectivity index (χ1) is 9.07. The van der Waals surface area contributed by atoms with Crippen LogP contribution in [0.1, 0.15) is 44.9 Å². The zero-order valence-electron chi connectivity index (χ0n) is 11.1. The Hall–Kier alpha value is -1.06. The van der Waals surface area contributed by atoms with Crippen LogP contribution in [0.4, 0.5) is 0 Å². The van der Waals surface area contributed by atoms with Crippen molar-refractivity contribution in [3.8, 4) is 0 Å². The summed E-state index contributed by atoms with van der Waals surface area (Å²) in [5.74, 6) is 2.03. The molecule has 4 heteroatoms. The van der Waals surface area contributed by atoms with Gasteiger partial charge >= 0.3 is 5.97 Å². The molecule has 19 heavy (non-hydrogen) atoms. The standard InChI is InChI=1S/C15H21NO3/c17-13(16-15(1-2-15)14(18)19)12-10-4-8-3-9(6-10)7-11(12)5-8/h8-12H,1-7H2,(H,16,17)(H,18,19). The lowest BCUT2D eigenvalue weighted by molar-refractivity contribution is -0.147. The second-order valence-corrected chi connectivity index (χ2v) is 7.33. The van der Waals surface area contributed by atoms with E-state index in [1.54, 1.807) is 0 Å². The Kier molecular flexibility index (Phi) is 2.31. The van der Waals surface area contributed by atoms with Gasteiger partial charge in [-0.05, 0) is 68.6 Å². The summed E-state index contributed by atoms with van der Waals surface area (Å²) in [6.45, 7) is 0. The maximum absolute atomic E-state index is 12.5. The minimum Gasteiger partial charge on any atom is -0.480 e. The summed E-state index contributed by atoms with van der Waals surface area (Å²) in [7, 11) is 0. The van der Waals surface area contributed by atoms with E-state index in [2.05, 4.69) is 5.32 Å². The molecule has 0 unspecified atom stereocenters. The Balaban J connectivity index is 1.50. The number of amides is 1. The highest BCUT2D eigenvalue weighted by Crippen LogP contribution is 2.56. The van der Waals surface area contributed by atoms with Gasteiger partial charge in [0.05, 0.1) is 0 Å². The van der Waals surface area contributed by atoms with Crippen LogP contribution in [-0.2, 0) is 9.59 Å². The third-order valence-corrected chi connectivity index (χ3v) is 6.05. The summed E-state index contributed by atoms with van der Waals surface area (Å²) < 4.78 is 0. The Bertz CT molecular complexity index is 413. The van der Waals surface area contributed by atoms with Crippen LogP contribution < -0.4 is 5.32 Å². The smallest absolute Gasteiger partial charge is 0.329 e. The van der Waals surface area contributed by atoms with Gasteiger partial charge in [0.1, 0.15) is 5.54 Å². The number of hydrogen-bond donors (Lipinski definition) is 2. The summed E-state index contributed by atoms with van der Waals surface area (Å²) in [6, 6.07) is 0. The zero-order valence-corrected chi connectivity index (χ0v) is 11.1. The number of hydrogen-bond acceptors (Lipinski definition) is 2. The van der Waals surface area contributed by atoms with Gasteiger partial charge in [0.2, 0.25) is 5.91 Å². The molecule has 0 aromatic rings. The molecule has 0 heterocycles. The van der Waals surface area contributed by atoms with E-state index in [1.807, 2.05) is 0 Å². The normalized spacial score (nSPS) is 44.9. The Labute approximate surface area is 112 Å². The number of nitrogens with one attached hydrogen (secondary N) is 1. The first-order valence-electron chi connectivity index (χ1n) is 7.63. The first-order valence-corrected chi connectivity index (χ1v) is 7.63. The average molecular weight is 263 g/mol. The van der Waals surface area contributed by atoms with Gasteiger partial charge in [-0.3, -0.25) is 4.79 Å². The van der Waals surface area contributed by atoms with Crippen molar-refractivity contribution in [3.63, 3.8) is 0 Å². The molecule has 0 spiro atoms.